The van der Waals surface area contributed by atoms with Gasteiger partial charge in [0.1, 0.15) is 0 Å². The summed E-state index contributed by atoms with van der Waals surface area (Å²) in [6.07, 6.45) is 2.18. The summed E-state index contributed by atoms with van der Waals surface area (Å²) in [4.78, 5) is 14.5. The number of amides is 1. The Bertz CT molecular complexity index is 451. The van der Waals surface area contributed by atoms with Gasteiger partial charge in [-0.25, -0.2) is 0 Å². The molecule has 0 radical (unpaired) electrons. The number of halogens is 2. The van der Waals surface area contributed by atoms with Gasteiger partial charge in [-0.3, -0.25) is 4.79 Å². The van der Waals surface area contributed by atoms with Crippen molar-refractivity contribution >= 4 is 37.8 Å². The summed E-state index contributed by atoms with van der Waals surface area (Å²) >= 11 is 6.87. The summed E-state index contributed by atoms with van der Waals surface area (Å²) in [7, 11) is 0. The number of benzene rings is 1. The van der Waals surface area contributed by atoms with Gasteiger partial charge in [0, 0.05) is 27.6 Å². The van der Waals surface area contributed by atoms with Crippen molar-refractivity contribution in [3.05, 3.63) is 32.7 Å². The standard InChI is InChI=1S/C15H20Br2N2O/c1-2-18-10-11-3-5-19(6-4-11)15(20)12-7-13(16)9-14(17)8-12/h7-9,11,18H,2-6,10H2,1H3. The van der Waals surface area contributed by atoms with Crippen LogP contribution in [0.5, 0.6) is 0 Å². The predicted molar refractivity (Wildman–Crippen MR) is 89.0 cm³/mol. The first kappa shape index (κ1) is 16.0. The molecule has 1 aromatic rings. The summed E-state index contributed by atoms with van der Waals surface area (Å²) in [6.45, 7) is 5.94. The first-order valence-corrected chi connectivity index (χ1v) is 8.65. The second-order valence-electron chi connectivity index (χ2n) is 5.20. The molecule has 2 rings (SSSR count). The van der Waals surface area contributed by atoms with E-state index in [1.165, 1.54) is 0 Å². The fraction of sp³-hybridized carbons (Fsp3) is 0.533. The average molecular weight is 404 g/mol. The van der Waals surface area contributed by atoms with E-state index >= 15 is 0 Å². The van der Waals surface area contributed by atoms with Crippen molar-refractivity contribution in [3.8, 4) is 0 Å². The van der Waals surface area contributed by atoms with Gasteiger partial charge in [-0.2, -0.15) is 0 Å². The number of carbonyl (C=O) groups is 1. The minimum Gasteiger partial charge on any atom is -0.339 e. The number of rotatable bonds is 4. The molecule has 3 nitrogen and oxygen atoms in total. The third-order valence-corrected chi connectivity index (χ3v) is 4.61. The maximum absolute atomic E-state index is 12.5. The third kappa shape index (κ3) is 4.30. The lowest BCUT2D eigenvalue weighted by Gasteiger charge is -2.32. The Kier molecular flexibility index (Phi) is 6.05. The van der Waals surface area contributed by atoms with Crippen LogP contribution in [0.4, 0.5) is 0 Å². The summed E-state index contributed by atoms with van der Waals surface area (Å²) in [5, 5.41) is 3.39. The molecular formula is C15H20Br2N2O. The molecule has 0 atom stereocenters. The Morgan fingerprint density at radius 2 is 1.85 bits per heavy atom. The minimum absolute atomic E-state index is 0.133. The predicted octanol–water partition coefficient (Wildman–Crippen LogP) is 3.67. The van der Waals surface area contributed by atoms with Crippen molar-refractivity contribution in [1.29, 1.82) is 0 Å². The molecule has 0 unspecified atom stereocenters. The molecule has 1 N–H and O–H groups in total. The molecular weight excluding hydrogens is 384 g/mol. The Balaban J connectivity index is 1.94. The summed E-state index contributed by atoms with van der Waals surface area (Å²) in [6, 6.07) is 5.72. The van der Waals surface area contributed by atoms with Crippen LogP contribution in [0.2, 0.25) is 0 Å². The van der Waals surface area contributed by atoms with Crippen LogP contribution in [0.1, 0.15) is 30.1 Å². The second kappa shape index (κ2) is 7.57. The summed E-state index contributed by atoms with van der Waals surface area (Å²) in [5.74, 6) is 0.835. The molecule has 110 valence electrons. The van der Waals surface area contributed by atoms with Gasteiger partial charge in [0.2, 0.25) is 0 Å². The van der Waals surface area contributed by atoms with Crippen LogP contribution in [0.25, 0.3) is 0 Å². The normalized spacial score (nSPS) is 16.4. The topological polar surface area (TPSA) is 32.3 Å². The fourth-order valence-corrected chi connectivity index (χ4v) is 3.84. The molecule has 1 aromatic carbocycles. The van der Waals surface area contributed by atoms with Crippen molar-refractivity contribution in [1.82, 2.24) is 10.2 Å². The third-order valence-electron chi connectivity index (χ3n) is 3.69. The molecule has 1 amide bonds. The first-order chi connectivity index (χ1) is 9.60. The molecule has 0 aromatic heterocycles. The first-order valence-electron chi connectivity index (χ1n) is 7.06. The molecule has 1 aliphatic rings. The lowest BCUT2D eigenvalue weighted by Crippen LogP contribution is -2.40. The van der Waals surface area contributed by atoms with Crippen molar-refractivity contribution in [2.45, 2.75) is 19.8 Å². The molecule has 0 aliphatic carbocycles. The van der Waals surface area contributed by atoms with Crippen molar-refractivity contribution < 1.29 is 4.79 Å². The Morgan fingerprint density at radius 1 is 1.25 bits per heavy atom. The van der Waals surface area contributed by atoms with Crippen LogP contribution in [0, 0.1) is 5.92 Å². The van der Waals surface area contributed by atoms with E-state index in [1.54, 1.807) is 0 Å². The smallest absolute Gasteiger partial charge is 0.253 e. The number of hydrogen-bond acceptors (Lipinski definition) is 2. The van der Waals surface area contributed by atoms with Gasteiger partial charge >= 0.3 is 0 Å². The van der Waals surface area contributed by atoms with Crippen LogP contribution >= 0.6 is 31.9 Å². The Morgan fingerprint density at radius 3 is 2.40 bits per heavy atom. The lowest BCUT2D eigenvalue weighted by molar-refractivity contribution is 0.0690. The highest BCUT2D eigenvalue weighted by atomic mass is 79.9. The quantitative estimate of drug-likeness (QED) is 0.831. The van der Waals surface area contributed by atoms with E-state index in [1.807, 2.05) is 23.1 Å². The van der Waals surface area contributed by atoms with Crippen LogP contribution in [-0.4, -0.2) is 37.0 Å². The van der Waals surface area contributed by atoms with E-state index in [4.69, 9.17) is 0 Å². The van der Waals surface area contributed by atoms with E-state index in [0.717, 1.165) is 53.5 Å². The molecule has 20 heavy (non-hydrogen) atoms. The van der Waals surface area contributed by atoms with Gasteiger partial charge in [-0.1, -0.05) is 38.8 Å². The number of carbonyl (C=O) groups excluding carboxylic acids is 1. The highest BCUT2D eigenvalue weighted by Crippen LogP contribution is 2.23. The molecule has 1 fully saturated rings. The number of nitrogens with one attached hydrogen (secondary N) is 1. The van der Waals surface area contributed by atoms with E-state index in [0.29, 0.717) is 5.92 Å². The van der Waals surface area contributed by atoms with Crippen LogP contribution in [0.15, 0.2) is 27.1 Å². The second-order valence-corrected chi connectivity index (χ2v) is 7.03. The molecule has 1 heterocycles. The zero-order valence-corrected chi connectivity index (χ0v) is 14.8. The number of piperidine rings is 1. The summed E-state index contributed by atoms with van der Waals surface area (Å²) in [5.41, 5.74) is 0.747. The molecule has 5 heteroatoms. The average Bonchev–Trinajstić information content (AvgIpc) is 2.44. The summed E-state index contributed by atoms with van der Waals surface area (Å²) < 4.78 is 1.86. The monoisotopic (exact) mass is 402 g/mol. The van der Waals surface area contributed by atoms with E-state index in [-0.39, 0.29) is 5.91 Å². The SMILES string of the molecule is CCNCC1CCN(C(=O)c2cc(Br)cc(Br)c2)CC1. The van der Waals surface area contributed by atoms with E-state index in [9.17, 15) is 4.79 Å². The number of hydrogen-bond donors (Lipinski definition) is 1. The molecule has 0 bridgehead atoms. The van der Waals surface area contributed by atoms with Gasteiger partial charge in [0.15, 0.2) is 0 Å². The van der Waals surface area contributed by atoms with Gasteiger partial charge in [0.25, 0.3) is 5.91 Å². The number of likely N-dealkylation sites (tertiary alicyclic amines) is 1. The molecule has 1 aliphatic heterocycles. The minimum atomic E-state index is 0.133. The van der Waals surface area contributed by atoms with Crippen molar-refractivity contribution in [2.24, 2.45) is 5.92 Å². The maximum atomic E-state index is 12.5. The van der Waals surface area contributed by atoms with Crippen LogP contribution in [0.3, 0.4) is 0 Å². The zero-order valence-electron chi connectivity index (χ0n) is 11.7. The number of nitrogens with zero attached hydrogens (tertiary/aromatic N) is 1. The van der Waals surface area contributed by atoms with Gasteiger partial charge in [0.05, 0.1) is 0 Å². The molecule has 0 spiro atoms. The lowest BCUT2D eigenvalue weighted by atomic mass is 9.96. The van der Waals surface area contributed by atoms with Crippen LogP contribution in [-0.2, 0) is 0 Å². The van der Waals surface area contributed by atoms with Crippen molar-refractivity contribution in [2.75, 3.05) is 26.2 Å². The van der Waals surface area contributed by atoms with Crippen LogP contribution < -0.4 is 5.32 Å². The van der Waals surface area contributed by atoms with E-state index < -0.39 is 0 Å². The Hall–Kier alpha value is -0.390. The van der Waals surface area contributed by atoms with Gasteiger partial charge in [-0.05, 0) is 50.0 Å². The highest BCUT2D eigenvalue weighted by Gasteiger charge is 2.23. The van der Waals surface area contributed by atoms with Gasteiger partial charge < -0.3 is 10.2 Å². The van der Waals surface area contributed by atoms with E-state index in [2.05, 4.69) is 44.1 Å². The maximum Gasteiger partial charge on any atom is 0.253 e. The molecule has 1 saturated heterocycles. The Labute approximate surface area is 137 Å². The largest absolute Gasteiger partial charge is 0.339 e. The highest BCUT2D eigenvalue weighted by molar-refractivity contribution is 9.11. The van der Waals surface area contributed by atoms with Crippen molar-refractivity contribution in [3.63, 3.8) is 0 Å². The zero-order chi connectivity index (χ0) is 14.5. The fourth-order valence-electron chi connectivity index (χ4n) is 2.55. The molecule has 0 saturated carbocycles. The van der Waals surface area contributed by atoms with Gasteiger partial charge in [-0.15, -0.1) is 0 Å².